The summed E-state index contributed by atoms with van der Waals surface area (Å²) in [6, 6.07) is 12.0. The average Bonchev–Trinajstić information content (AvgIpc) is 2.37. The Hall–Kier alpha value is -2.10. The van der Waals surface area contributed by atoms with Gasteiger partial charge in [-0.3, -0.25) is 0 Å². The number of rotatable bonds is 4. The molecule has 0 radical (unpaired) electrons. The number of hydrogen-bond acceptors (Lipinski definition) is 4. The van der Waals surface area contributed by atoms with Gasteiger partial charge in [0.15, 0.2) is 0 Å². The fourth-order valence-electron chi connectivity index (χ4n) is 1.72. The molecule has 0 saturated heterocycles. The highest BCUT2D eigenvalue weighted by molar-refractivity contribution is 5.60. The summed E-state index contributed by atoms with van der Waals surface area (Å²) in [5, 5.41) is 0. The zero-order valence-electron chi connectivity index (χ0n) is 9.87. The summed E-state index contributed by atoms with van der Waals surface area (Å²) in [6.45, 7) is 3.04. The van der Waals surface area contributed by atoms with E-state index in [1.807, 2.05) is 24.3 Å². The van der Waals surface area contributed by atoms with Crippen molar-refractivity contribution >= 4 is 17.5 Å². The van der Waals surface area contributed by atoms with Crippen molar-refractivity contribution in [3.05, 3.63) is 42.6 Å². The van der Waals surface area contributed by atoms with Crippen molar-refractivity contribution in [1.82, 2.24) is 9.97 Å². The van der Waals surface area contributed by atoms with Gasteiger partial charge in [-0.1, -0.05) is 25.1 Å². The molecule has 0 spiro atoms. The van der Waals surface area contributed by atoms with Gasteiger partial charge in [0.2, 0.25) is 5.95 Å². The largest absolute Gasteiger partial charge is 0.368 e. The molecule has 2 rings (SSSR count). The van der Waals surface area contributed by atoms with Gasteiger partial charge >= 0.3 is 0 Å². The topological polar surface area (TPSA) is 55.0 Å². The predicted molar refractivity (Wildman–Crippen MR) is 70.2 cm³/mol. The Morgan fingerprint density at radius 1 is 1.18 bits per heavy atom. The summed E-state index contributed by atoms with van der Waals surface area (Å²) in [7, 11) is 0. The summed E-state index contributed by atoms with van der Waals surface area (Å²) < 4.78 is 0. The first kappa shape index (κ1) is 11.4. The Kier molecular flexibility index (Phi) is 3.55. The summed E-state index contributed by atoms with van der Waals surface area (Å²) in [6.07, 6.45) is 2.72. The second-order valence-electron chi connectivity index (χ2n) is 3.76. The van der Waals surface area contributed by atoms with E-state index >= 15 is 0 Å². The number of nitrogens with two attached hydrogens (primary N) is 1. The summed E-state index contributed by atoms with van der Waals surface area (Å²) in [5.41, 5.74) is 6.74. The van der Waals surface area contributed by atoms with Crippen LogP contribution < -0.4 is 10.6 Å². The Morgan fingerprint density at radius 2 is 1.94 bits per heavy atom. The maximum atomic E-state index is 5.62. The first-order chi connectivity index (χ1) is 8.31. The number of nitrogens with zero attached hydrogens (tertiary/aromatic N) is 3. The third-order valence-corrected chi connectivity index (χ3v) is 2.45. The Balaban J connectivity index is 2.35. The average molecular weight is 228 g/mol. The first-order valence-corrected chi connectivity index (χ1v) is 5.72. The van der Waals surface area contributed by atoms with Crippen molar-refractivity contribution in [2.24, 2.45) is 0 Å². The third kappa shape index (κ3) is 2.72. The zero-order chi connectivity index (χ0) is 12.1. The van der Waals surface area contributed by atoms with Crippen molar-refractivity contribution in [3.8, 4) is 0 Å². The van der Waals surface area contributed by atoms with Crippen molar-refractivity contribution in [3.63, 3.8) is 0 Å². The maximum Gasteiger partial charge on any atom is 0.221 e. The van der Waals surface area contributed by atoms with Crippen LogP contribution in [-0.2, 0) is 0 Å². The standard InChI is InChI=1S/C13H16N4/c1-2-10-17(11-6-4-3-5-7-11)12-8-9-15-13(14)16-12/h3-9H,2,10H2,1H3,(H2,14,15,16). The molecule has 2 aromatic rings. The minimum atomic E-state index is 0.305. The van der Waals surface area contributed by atoms with Crippen LogP contribution >= 0.6 is 0 Å². The van der Waals surface area contributed by atoms with Gasteiger partial charge in [0.25, 0.3) is 0 Å². The van der Waals surface area contributed by atoms with E-state index in [0.717, 1.165) is 24.5 Å². The Labute approximate surface area is 101 Å². The van der Waals surface area contributed by atoms with Gasteiger partial charge in [0.1, 0.15) is 5.82 Å². The van der Waals surface area contributed by atoms with Gasteiger partial charge < -0.3 is 10.6 Å². The molecule has 0 aliphatic carbocycles. The van der Waals surface area contributed by atoms with Crippen LogP contribution in [0.4, 0.5) is 17.5 Å². The second kappa shape index (κ2) is 5.30. The minimum Gasteiger partial charge on any atom is -0.368 e. The van der Waals surface area contributed by atoms with Gasteiger partial charge in [0.05, 0.1) is 0 Å². The molecule has 4 nitrogen and oxygen atoms in total. The normalized spacial score (nSPS) is 10.2. The molecule has 0 atom stereocenters. The van der Waals surface area contributed by atoms with Crippen LogP contribution in [0.25, 0.3) is 0 Å². The van der Waals surface area contributed by atoms with E-state index < -0.39 is 0 Å². The minimum absolute atomic E-state index is 0.305. The van der Waals surface area contributed by atoms with Gasteiger partial charge in [0, 0.05) is 18.4 Å². The number of benzene rings is 1. The molecule has 0 fully saturated rings. The molecule has 0 aliphatic heterocycles. The van der Waals surface area contributed by atoms with Crippen LogP contribution in [0, 0.1) is 0 Å². The lowest BCUT2D eigenvalue weighted by Crippen LogP contribution is -2.19. The summed E-state index contributed by atoms with van der Waals surface area (Å²) >= 11 is 0. The lowest BCUT2D eigenvalue weighted by Gasteiger charge is -2.23. The Bertz CT molecular complexity index is 470. The van der Waals surface area contributed by atoms with Crippen LogP contribution in [0.2, 0.25) is 0 Å². The lowest BCUT2D eigenvalue weighted by atomic mass is 10.2. The third-order valence-electron chi connectivity index (χ3n) is 2.45. The highest BCUT2D eigenvalue weighted by atomic mass is 15.2. The molecule has 0 unspecified atom stereocenters. The van der Waals surface area contributed by atoms with E-state index in [4.69, 9.17) is 5.73 Å². The van der Waals surface area contributed by atoms with Crippen LogP contribution in [0.3, 0.4) is 0 Å². The highest BCUT2D eigenvalue weighted by Gasteiger charge is 2.09. The molecule has 1 heterocycles. The summed E-state index contributed by atoms with van der Waals surface area (Å²) in [5.74, 6) is 1.14. The molecule has 1 aromatic carbocycles. The van der Waals surface area contributed by atoms with E-state index in [2.05, 4.69) is 33.9 Å². The molecule has 2 N–H and O–H groups in total. The quantitative estimate of drug-likeness (QED) is 0.874. The SMILES string of the molecule is CCCN(c1ccccc1)c1ccnc(N)n1. The number of aromatic nitrogens is 2. The molecule has 4 heteroatoms. The number of anilines is 3. The molecule has 0 aliphatic rings. The van der Waals surface area contributed by atoms with Crippen molar-refractivity contribution in [2.45, 2.75) is 13.3 Å². The number of para-hydroxylation sites is 1. The first-order valence-electron chi connectivity index (χ1n) is 5.72. The molecule has 0 saturated carbocycles. The van der Waals surface area contributed by atoms with Crippen molar-refractivity contribution in [2.75, 3.05) is 17.2 Å². The molecule has 17 heavy (non-hydrogen) atoms. The molecular weight excluding hydrogens is 212 g/mol. The predicted octanol–water partition coefficient (Wildman–Crippen LogP) is 2.61. The van der Waals surface area contributed by atoms with Crippen molar-refractivity contribution in [1.29, 1.82) is 0 Å². The molecule has 0 bridgehead atoms. The number of nitrogen functional groups attached to an aromatic ring is 1. The Morgan fingerprint density at radius 3 is 2.59 bits per heavy atom. The van der Waals surface area contributed by atoms with Gasteiger partial charge in [-0.2, -0.15) is 4.98 Å². The fourth-order valence-corrected chi connectivity index (χ4v) is 1.72. The maximum absolute atomic E-state index is 5.62. The van der Waals surface area contributed by atoms with E-state index in [-0.39, 0.29) is 0 Å². The molecule has 88 valence electrons. The lowest BCUT2D eigenvalue weighted by molar-refractivity contribution is 0.869. The number of hydrogen-bond donors (Lipinski definition) is 1. The van der Waals surface area contributed by atoms with Gasteiger partial charge in [-0.05, 0) is 24.6 Å². The molecule has 1 aromatic heterocycles. The van der Waals surface area contributed by atoms with Crippen molar-refractivity contribution < 1.29 is 0 Å². The van der Waals surface area contributed by atoms with Gasteiger partial charge in [-0.15, -0.1) is 0 Å². The van der Waals surface area contributed by atoms with E-state index in [9.17, 15) is 0 Å². The van der Waals surface area contributed by atoms with Crippen LogP contribution in [-0.4, -0.2) is 16.5 Å². The second-order valence-corrected chi connectivity index (χ2v) is 3.76. The monoisotopic (exact) mass is 228 g/mol. The van der Waals surface area contributed by atoms with E-state index in [1.165, 1.54) is 0 Å². The van der Waals surface area contributed by atoms with Gasteiger partial charge in [-0.25, -0.2) is 4.98 Å². The van der Waals surface area contributed by atoms with E-state index in [0.29, 0.717) is 5.95 Å². The summed E-state index contributed by atoms with van der Waals surface area (Å²) in [4.78, 5) is 10.3. The molecular formula is C13H16N4. The fraction of sp³-hybridized carbons (Fsp3) is 0.231. The van der Waals surface area contributed by atoms with Crippen LogP contribution in [0.5, 0.6) is 0 Å². The highest BCUT2D eigenvalue weighted by Crippen LogP contribution is 2.23. The smallest absolute Gasteiger partial charge is 0.221 e. The molecule has 0 amide bonds. The van der Waals surface area contributed by atoms with Crippen LogP contribution in [0.15, 0.2) is 42.6 Å². The zero-order valence-corrected chi connectivity index (χ0v) is 9.87. The van der Waals surface area contributed by atoms with E-state index in [1.54, 1.807) is 6.20 Å². The van der Waals surface area contributed by atoms with Crippen LogP contribution in [0.1, 0.15) is 13.3 Å².